The first-order valence-corrected chi connectivity index (χ1v) is 5.41. The Bertz CT molecular complexity index is 140. The lowest BCUT2D eigenvalue weighted by Crippen LogP contribution is -2.54. The molecule has 0 aliphatic carbocycles. The van der Waals surface area contributed by atoms with Gasteiger partial charge in [0, 0.05) is 18.6 Å². The number of hydrogen-bond acceptors (Lipinski definition) is 2. The van der Waals surface area contributed by atoms with Gasteiger partial charge < -0.3 is 4.74 Å². The van der Waals surface area contributed by atoms with Gasteiger partial charge in [-0.05, 0) is 26.7 Å². The first-order chi connectivity index (χ1) is 6.04. The first-order valence-electron chi connectivity index (χ1n) is 5.41. The molecular formula is C11H23NO. The predicted molar refractivity (Wildman–Crippen MR) is 55.9 cm³/mol. The summed E-state index contributed by atoms with van der Waals surface area (Å²) in [4.78, 5) is 2.54. The molecular weight excluding hydrogens is 162 g/mol. The summed E-state index contributed by atoms with van der Waals surface area (Å²) in [7, 11) is 0. The Morgan fingerprint density at radius 1 is 1.23 bits per heavy atom. The topological polar surface area (TPSA) is 12.5 Å². The maximum absolute atomic E-state index is 5.79. The molecule has 0 aromatic heterocycles. The zero-order valence-corrected chi connectivity index (χ0v) is 9.58. The molecule has 0 saturated carbocycles. The summed E-state index contributed by atoms with van der Waals surface area (Å²) in [5.41, 5.74) is 0. The number of morpholine rings is 1. The van der Waals surface area contributed by atoms with Gasteiger partial charge in [-0.1, -0.05) is 13.8 Å². The van der Waals surface area contributed by atoms with Crippen LogP contribution in [0.5, 0.6) is 0 Å². The fraction of sp³-hybridized carbons (Fsp3) is 1.00. The molecule has 13 heavy (non-hydrogen) atoms. The molecule has 2 unspecified atom stereocenters. The van der Waals surface area contributed by atoms with Crippen LogP contribution >= 0.6 is 0 Å². The summed E-state index contributed by atoms with van der Waals surface area (Å²) in [6, 6.07) is 1.20. The third kappa shape index (κ3) is 2.44. The van der Waals surface area contributed by atoms with Gasteiger partial charge in [0.1, 0.15) is 0 Å². The van der Waals surface area contributed by atoms with Crippen LogP contribution in [0.4, 0.5) is 0 Å². The zero-order chi connectivity index (χ0) is 10.0. The van der Waals surface area contributed by atoms with Crippen molar-refractivity contribution in [1.82, 2.24) is 4.90 Å². The van der Waals surface area contributed by atoms with Gasteiger partial charge in [-0.25, -0.2) is 0 Å². The van der Waals surface area contributed by atoms with E-state index in [1.807, 2.05) is 0 Å². The quantitative estimate of drug-likeness (QED) is 0.653. The molecule has 1 aliphatic rings. The van der Waals surface area contributed by atoms with Crippen molar-refractivity contribution in [3.8, 4) is 0 Å². The van der Waals surface area contributed by atoms with Crippen molar-refractivity contribution in [2.24, 2.45) is 5.92 Å². The van der Waals surface area contributed by atoms with Gasteiger partial charge >= 0.3 is 0 Å². The summed E-state index contributed by atoms with van der Waals surface area (Å²) in [5, 5.41) is 0. The smallest absolute Gasteiger partial charge is 0.0751 e. The minimum Gasteiger partial charge on any atom is -0.375 e. The number of rotatable bonds is 2. The average Bonchev–Trinajstić information content (AvgIpc) is 2.03. The fourth-order valence-corrected chi connectivity index (χ4v) is 2.30. The summed E-state index contributed by atoms with van der Waals surface area (Å²) in [6.07, 6.45) is 0.413. The highest BCUT2D eigenvalue weighted by molar-refractivity contribution is 4.84. The van der Waals surface area contributed by atoms with Crippen LogP contribution in [0.25, 0.3) is 0 Å². The van der Waals surface area contributed by atoms with E-state index in [0.29, 0.717) is 24.1 Å². The molecule has 78 valence electrons. The van der Waals surface area contributed by atoms with E-state index in [9.17, 15) is 0 Å². The molecule has 0 aromatic carbocycles. The molecule has 0 N–H and O–H groups in total. The van der Waals surface area contributed by atoms with Crippen LogP contribution in [0.1, 0.15) is 34.6 Å². The van der Waals surface area contributed by atoms with E-state index in [0.717, 1.165) is 13.2 Å². The molecule has 2 heteroatoms. The minimum absolute atomic E-state index is 0.413. The van der Waals surface area contributed by atoms with Gasteiger partial charge in [0.05, 0.1) is 12.7 Å². The molecule has 2 atom stereocenters. The number of nitrogens with zero attached hydrogens (tertiary/aromatic N) is 1. The van der Waals surface area contributed by atoms with Crippen LogP contribution in [0, 0.1) is 5.92 Å². The maximum Gasteiger partial charge on any atom is 0.0751 e. The second-order valence-electron chi connectivity index (χ2n) is 4.65. The maximum atomic E-state index is 5.79. The van der Waals surface area contributed by atoms with E-state index >= 15 is 0 Å². The molecule has 1 rings (SSSR count). The van der Waals surface area contributed by atoms with Crippen molar-refractivity contribution in [3.63, 3.8) is 0 Å². The lowest BCUT2D eigenvalue weighted by molar-refractivity contribution is -0.0945. The molecule has 0 amide bonds. The average molecular weight is 185 g/mol. The van der Waals surface area contributed by atoms with Crippen molar-refractivity contribution in [2.75, 3.05) is 13.2 Å². The Hall–Kier alpha value is -0.0800. The summed E-state index contributed by atoms with van der Waals surface area (Å²) in [6.45, 7) is 13.3. The molecule has 0 spiro atoms. The molecule has 1 fully saturated rings. The van der Waals surface area contributed by atoms with Gasteiger partial charge in [0.25, 0.3) is 0 Å². The minimum atomic E-state index is 0.413. The van der Waals surface area contributed by atoms with Crippen LogP contribution in [0.3, 0.4) is 0 Å². The Morgan fingerprint density at radius 3 is 2.31 bits per heavy atom. The highest BCUT2D eigenvalue weighted by atomic mass is 16.5. The van der Waals surface area contributed by atoms with Crippen molar-refractivity contribution >= 4 is 0 Å². The zero-order valence-electron chi connectivity index (χ0n) is 9.58. The molecule has 1 heterocycles. The molecule has 2 nitrogen and oxygen atoms in total. The highest BCUT2D eigenvalue weighted by Crippen LogP contribution is 2.21. The summed E-state index contributed by atoms with van der Waals surface area (Å²) < 4.78 is 5.79. The lowest BCUT2D eigenvalue weighted by Gasteiger charge is -2.43. The third-order valence-corrected chi connectivity index (χ3v) is 2.98. The Balaban J connectivity index is 2.60. The van der Waals surface area contributed by atoms with Crippen LogP contribution in [-0.4, -0.2) is 36.2 Å². The molecule has 1 saturated heterocycles. The highest BCUT2D eigenvalue weighted by Gasteiger charge is 2.31. The Labute approximate surface area is 82.3 Å². The number of hydrogen-bond donors (Lipinski definition) is 0. The third-order valence-electron chi connectivity index (χ3n) is 2.98. The fourth-order valence-electron chi connectivity index (χ4n) is 2.30. The van der Waals surface area contributed by atoms with Gasteiger partial charge in [-0.15, -0.1) is 0 Å². The van der Waals surface area contributed by atoms with Gasteiger partial charge in [-0.3, -0.25) is 4.90 Å². The van der Waals surface area contributed by atoms with Crippen molar-refractivity contribution < 1.29 is 4.74 Å². The molecule has 0 aromatic rings. The van der Waals surface area contributed by atoms with Crippen LogP contribution in [0.2, 0.25) is 0 Å². The van der Waals surface area contributed by atoms with Gasteiger partial charge in [0.2, 0.25) is 0 Å². The van der Waals surface area contributed by atoms with Crippen LogP contribution < -0.4 is 0 Å². The van der Waals surface area contributed by atoms with E-state index in [1.165, 1.54) is 0 Å². The SMILES string of the molecule is CC(C)C1OCCN(C(C)C)C1C. The molecule has 0 radical (unpaired) electrons. The van der Waals surface area contributed by atoms with E-state index in [2.05, 4.69) is 39.5 Å². The van der Waals surface area contributed by atoms with E-state index in [4.69, 9.17) is 4.74 Å². The van der Waals surface area contributed by atoms with Gasteiger partial charge in [-0.2, -0.15) is 0 Å². The predicted octanol–water partition coefficient (Wildman–Crippen LogP) is 2.14. The normalized spacial score (nSPS) is 31.6. The Morgan fingerprint density at radius 2 is 1.85 bits per heavy atom. The number of ether oxygens (including phenoxy) is 1. The van der Waals surface area contributed by atoms with Crippen molar-refractivity contribution in [2.45, 2.75) is 52.8 Å². The standard InChI is InChI=1S/C11H23NO/c1-8(2)11-10(5)12(9(3)4)6-7-13-11/h8-11H,6-7H2,1-5H3. The second-order valence-corrected chi connectivity index (χ2v) is 4.65. The van der Waals surface area contributed by atoms with Crippen LogP contribution in [0.15, 0.2) is 0 Å². The molecule has 1 aliphatic heterocycles. The van der Waals surface area contributed by atoms with Crippen LogP contribution in [-0.2, 0) is 4.74 Å². The van der Waals surface area contributed by atoms with Crippen molar-refractivity contribution in [3.05, 3.63) is 0 Å². The lowest BCUT2D eigenvalue weighted by atomic mass is 9.97. The monoisotopic (exact) mass is 185 g/mol. The largest absolute Gasteiger partial charge is 0.375 e. The van der Waals surface area contributed by atoms with Crippen molar-refractivity contribution in [1.29, 1.82) is 0 Å². The first kappa shape index (κ1) is 11.0. The second kappa shape index (κ2) is 4.43. The summed E-state index contributed by atoms with van der Waals surface area (Å²) in [5.74, 6) is 0.622. The summed E-state index contributed by atoms with van der Waals surface area (Å²) >= 11 is 0. The van der Waals surface area contributed by atoms with E-state index < -0.39 is 0 Å². The molecule has 0 bridgehead atoms. The van der Waals surface area contributed by atoms with Gasteiger partial charge in [0.15, 0.2) is 0 Å². The van der Waals surface area contributed by atoms with E-state index in [-0.39, 0.29) is 0 Å². The Kier molecular flexibility index (Phi) is 3.74. The van der Waals surface area contributed by atoms with E-state index in [1.54, 1.807) is 0 Å².